The minimum absolute atomic E-state index is 0.00780. The molecule has 5 rings (SSSR count). The van der Waals surface area contributed by atoms with Crippen molar-refractivity contribution in [3.8, 4) is 23.3 Å². The molecule has 1 heterocycles. The first-order chi connectivity index (χ1) is 25.6. The Kier molecular flexibility index (Phi) is 13.9. The first kappa shape index (κ1) is 39.3. The van der Waals surface area contributed by atoms with Gasteiger partial charge in [-0.05, 0) is 73.7 Å². The van der Waals surface area contributed by atoms with E-state index in [-0.39, 0.29) is 38.8 Å². The van der Waals surface area contributed by atoms with Crippen LogP contribution in [0, 0.1) is 11.3 Å². The van der Waals surface area contributed by atoms with Gasteiger partial charge in [-0.15, -0.1) is 0 Å². The molecule has 0 spiro atoms. The number of carbonyl (C=O) groups excluding carboxylic acids is 1. The number of hydrogen-bond donors (Lipinski definition) is 1. The predicted molar refractivity (Wildman–Crippen MR) is 200 cm³/mol. The summed E-state index contributed by atoms with van der Waals surface area (Å²) in [6.07, 6.45) is -1.74. The van der Waals surface area contributed by atoms with E-state index in [1.54, 1.807) is 30.2 Å². The highest BCUT2D eigenvalue weighted by Gasteiger charge is 2.42. The van der Waals surface area contributed by atoms with Crippen LogP contribution in [0.3, 0.4) is 0 Å². The Hall–Kier alpha value is -4.86. The highest BCUT2D eigenvalue weighted by Crippen LogP contribution is 2.36. The summed E-state index contributed by atoms with van der Waals surface area (Å²) in [5.74, 6) is 1.68. The summed E-state index contributed by atoms with van der Waals surface area (Å²) in [4.78, 5) is 15.1. The van der Waals surface area contributed by atoms with Gasteiger partial charge in [0.15, 0.2) is 0 Å². The summed E-state index contributed by atoms with van der Waals surface area (Å²) >= 11 is 0. The van der Waals surface area contributed by atoms with Crippen LogP contribution >= 0.6 is 0 Å². The van der Waals surface area contributed by atoms with Crippen molar-refractivity contribution in [2.75, 3.05) is 53.7 Å². The van der Waals surface area contributed by atoms with E-state index < -0.39 is 30.0 Å². The number of piperidine rings is 1. The quantitative estimate of drug-likeness (QED) is 0.122. The zero-order valence-electron chi connectivity index (χ0n) is 31.2. The number of nitrogens with zero attached hydrogens (tertiary/aromatic N) is 2. The van der Waals surface area contributed by atoms with Crippen LogP contribution in [0.1, 0.15) is 49.8 Å². The van der Waals surface area contributed by atoms with Crippen molar-refractivity contribution < 1.29 is 43.1 Å². The Morgan fingerprint density at radius 2 is 1.58 bits per heavy atom. The molecule has 0 aromatic heterocycles. The zero-order valence-corrected chi connectivity index (χ0v) is 31.2. The number of carbonyl (C=O) groups is 1. The van der Waals surface area contributed by atoms with E-state index in [4.69, 9.17) is 33.2 Å². The smallest absolute Gasteiger partial charge is 0.410 e. The summed E-state index contributed by atoms with van der Waals surface area (Å²) in [5, 5.41) is 21.9. The minimum atomic E-state index is -0.852. The Morgan fingerprint density at radius 3 is 2.30 bits per heavy atom. The molecule has 4 atom stereocenters. The van der Waals surface area contributed by atoms with Crippen molar-refractivity contribution in [2.45, 2.75) is 63.6 Å². The maximum Gasteiger partial charge on any atom is 0.410 e. The maximum absolute atomic E-state index is 13.5. The number of amides is 1. The first-order valence-electron chi connectivity index (χ1n) is 17.9. The van der Waals surface area contributed by atoms with E-state index in [0.717, 1.165) is 27.6 Å². The fourth-order valence-electron chi connectivity index (χ4n) is 6.36. The van der Waals surface area contributed by atoms with E-state index >= 15 is 0 Å². The molecular formula is C42H50N2O9. The van der Waals surface area contributed by atoms with Crippen molar-refractivity contribution in [3.05, 3.63) is 102 Å². The minimum Gasteiger partial charge on any atom is -0.496 e. The molecule has 11 nitrogen and oxygen atoms in total. The Bertz CT molecular complexity index is 1820. The molecule has 1 fully saturated rings. The highest BCUT2D eigenvalue weighted by molar-refractivity contribution is 5.89. The molecule has 0 saturated carbocycles. The van der Waals surface area contributed by atoms with Gasteiger partial charge in [0.1, 0.15) is 35.0 Å². The molecule has 4 aromatic rings. The Balaban J connectivity index is 1.35. The van der Waals surface area contributed by atoms with E-state index in [1.807, 2.05) is 81.4 Å². The van der Waals surface area contributed by atoms with Gasteiger partial charge in [0.2, 0.25) is 0 Å². The molecule has 53 heavy (non-hydrogen) atoms. The number of methoxy groups -OCH3 is 2. The summed E-state index contributed by atoms with van der Waals surface area (Å²) in [5.41, 5.74) is 1.66. The van der Waals surface area contributed by atoms with Crippen LogP contribution in [0.4, 0.5) is 4.79 Å². The third-order valence-electron chi connectivity index (χ3n) is 8.77. The van der Waals surface area contributed by atoms with Gasteiger partial charge in [-0.2, -0.15) is 5.26 Å². The average molecular weight is 727 g/mol. The van der Waals surface area contributed by atoms with Gasteiger partial charge < -0.3 is 43.2 Å². The van der Waals surface area contributed by atoms with Gasteiger partial charge in [0, 0.05) is 24.8 Å². The highest BCUT2D eigenvalue weighted by atomic mass is 16.6. The average Bonchev–Trinajstić information content (AvgIpc) is 3.15. The topological polar surface area (TPSA) is 129 Å². The number of aliphatic hydroxyl groups excluding tert-OH is 1. The second-order valence-electron chi connectivity index (χ2n) is 14.0. The van der Waals surface area contributed by atoms with Crippen LogP contribution in [-0.4, -0.2) is 93.7 Å². The van der Waals surface area contributed by atoms with Crippen LogP contribution in [0.2, 0.25) is 0 Å². The molecule has 1 N–H and O–H groups in total. The molecular weight excluding hydrogens is 676 g/mol. The SMILES string of the molecule is COC[C@H](O)CO[C@@H]1CN(C(=O)OC(C)(C)C)C[C@H](OCc2cc(OC)c3ccccc3c2)[C@H]1c1ccc(OCCCOc2ccccc2C#N)cc1. The van der Waals surface area contributed by atoms with Crippen LogP contribution in [0.15, 0.2) is 84.9 Å². The lowest BCUT2D eigenvalue weighted by molar-refractivity contribution is -0.112. The number of ether oxygens (including phenoxy) is 7. The number of benzene rings is 4. The van der Waals surface area contributed by atoms with Crippen LogP contribution in [0.25, 0.3) is 10.8 Å². The molecule has 0 unspecified atom stereocenters. The maximum atomic E-state index is 13.5. The molecule has 1 aliphatic heterocycles. The lowest BCUT2D eigenvalue weighted by atomic mass is 9.84. The number of nitriles is 1. The molecule has 0 aliphatic carbocycles. The number of likely N-dealkylation sites (tertiary alicyclic amines) is 1. The third-order valence-corrected chi connectivity index (χ3v) is 8.77. The van der Waals surface area contributed by atoms with Gasteiger partial charge in [-0.3, -0.25) is 0 Å². The molecule has 0 bridgehead atoms. The molecule has 1 aliphatic rings. The fourth-order valence-corrected chi connectivity index (χ4v) is 6.36. The normalized spacial score (nSPS) is 17.9. The molecule has 0 radical (unpaired) electrons. The van der Waals surface area contributed by atoms with Crippen molar-refractivity contribution >= 4 is 16.9 Å². The van der Waals surface area contributed by atoms with E-state index in [0.29, 0.717) is 36.7 Å². The van der Waals surface area contributed by atoms with Crippen molar-refractivity contribution in [2.24, 2.45) is 0 Å². The monoisotopic (exact) mass is 726 g/mol. The van der Waals surface area contributed by atoms with Crippen LogP contribution < -0.4 is 14.2 Å². The van der Waals surface area contributed by atoms with Gasteiger partial charge in [-0.1, -0.05) is 48.5 Å². The predicted octanol–water partition coefficient (Wildman–Crippen LogP) is 6.88. The number of fused-ring (bicyclic) bond motifs is 1. The molecule has 11 heteroatoms. The van der Waals surface area contributed by atoms with Gasteiger partial charge >= 0.3 is 6.09 Å². The van der Waals surface area contributed by atoms with E-state index in [2.05, 4.69) is 12.1 Å². The van der Waals surface area contributed by atoms with Crippen LogP contribution in [0.5, 0.6) is 17.2 Å². The standard InChI is InChI=1S/C42H50N2O9/c1-42(2,3)53-41(46)44-24-38(51-26-29-21-31-11-6-8-13-35(31)37(22-29)48-5)40(39(25-44)52-28-33(45)27-47-4)30-15-17-34(18-16-30)49-19-10-20-50-36-14-9-7-12-32(36)23-43/h6-9,11-18,21-22,33,38-40,45H,10,19-20,24-28H2,1-5H3/t33-,38-,39+,40+/m0/s1. The number of hydrogen-bond acceptors (Lipinski definition) is 10. The van der Waals surface area contributed by atoms with Crippen molar-refractivity contribution in [3.63, 3.8) is 0 Å². The second-order valence-corrected chi connectivity index (χ2v) is 14.0. The zero-order chi connectivity index (χ0) is 37.8. The Labute approximate surface area is 311 Å². The molecule has 1 saturated heterocycles. The lowest BCUT2D eigenvalue weighted by Crippen LogP contribution is -2.55. The largest absolute Gasteiger partial charge is 0.496 e. The molecule has 282 valence electrons. The fraction of sp³-hybridized carbons (Fsp3) is 0.429. The lowest BCUT2D eigenvalue weighted by Gasteiger charge is -2.44. The second kappa shape index (κ2) is 18.8. The number of aliphatic hydroxyl groups is 1. The number of rotatable bonds is 16. The Morgan fingerprint density at radius 1 is 0.887 bits per heavy atom. The van der Waals surface area contributed by atoms with Gasteiger partial charge in [0.05, 0.1) is 71.0 Å². The van der Waals surface area contributed by atoms with Gasteiger partial charge in [0.25, 0.3) is 0 Å². The summed E-state index contributed by atoms with van der Waals surface area (Å²) in [6, 6.07) is 29.1. The van der Waals surface area contributed by atoms with E-state index in [1.165, 1.54) is 7.11 Å². The summed E-state index contributed by atoms with van der Waals surface area (Å²) in [7, 11) is 3.17. The molecule has 1 amide bonds. The van der Waals surface area contributed by atoms with Gasteiger partial charge in [-0.25, -0.2) is 4.79 Å². The summed E-state index contributed by atoms with van der Waals surface area (Å²) in [6.45, 7) is 7.19. The third kappa shape index (κ3) is 11.1. The first-order valence-corrected chi connectivity index (χ1v) is 17.9. The number of para-hydroxylation sites is 1. The van der Waals surface area contributed by atoms with E-state index in [9.17, 15) is 15.2 Å². The molecule has 4 aromatic carbocycles. The van der Waals surface area contributed by atoms with Crippen LogP contribution in [-0.2, 0) is 25.6 Å². The van der Waals surface area contributed by atoms with Crippen molar-refractivity contribution in [1.82, 2.24) is 4.90 Å². The van der Waals surface area contributed by atoms with Crippen molar-refractivity contribution in [1.29, 1.82) is 5.26 Å². The summed E-state index contributed by atoms with van der Waals surface area (Å²) < 4.78 is 41.5.